The van der Waals surface area contributed by atoms with Gasteiger partial charge in [-0.3, -0.25) is 0 Å². The van der Waals surface area contributed by atoms with Gasteiger partial charge in [-0.2, -0.15) is 13.2 Å². The maximum atomic E-state index is 12.7. The minimum atomic E-state index is -4.57. The summed E-state index contributed by atoms with van der Waals surface area (Å²) < 4.78 is 43.1. The Hall–Kier alpha value is -2.74. The minimum absolute atomic E-state index is 0.0203. The molecule has 9 heteroatoms. The zero-order valence-electron chi connectivity index (χ0n) is 14.5. The van der Waals surface area contributed by atoms with E-state index in [4.69, 9.17) is 16.3 Å². The lowest BCUT2D eigenvalue weighted by atomic mass is 10.0. The number of alkyl carbamates (subject to hydrolysis) is 1. The van der Waals surface area contributed by atoms with E-state index in [1.165, 1.54) is 6.07 Å². The van der Waals surface area contributed by atoms with Crippen molar-refractivity contribution in [2.45, 2.75) is 31.7 Å². The standard InChI is InChI=1S/C19H17ClF3NO4/c20-15-10-12(6-8-14(15)19(21,22)23)7-9-16(17(25)26)24-18(27)28-11-13-4-2-1-3-5-13/h1-6,8,10,16H,7,9,11H2,(H,24,27)(H,25,26). The predicted molar refractivity (Wildman–Crippen MR) is 96.0 cm³/mol. The summed E-state index contributed by atoms with van der Waals surface area (Å²) >= 11 is 5.65. The lowest BCUT2D eigenvalue weighted by Crippen LogP contribution is -2.41. The highest BCUT2D eigenvalue weighted by Gasteiger charge is 2.33. The summed E-state index contributed by atoms with van der Waals surface area (Å²) in [4.78, 5) is 23.1. The molecule has 0 spiro atoms. The molecule has 2 N–H and O–H groups in total. The molecule has 0 radical (unpaired) electrons. The van der Waals surface area contributed by atoms with Gasteiger partial charge in [-0.15, -0.1) is 0 Å². The van der Waals surface area contributed by atoms with Gasteiger partial charge in [0.1, 0.15) is 12.6 Å². The second kappa shape index (κ2) is 9.45. The smallest absolute Gasteiger partial charge is 0.417 e. The molecule has 0 aliphatic carbocycles. The van der Waals surface area contributed by atoms with Crippen LogP contribution in [0.2, 0.25) is 5.02 Å². The third-order valence-corrected chi connectivity index (χ3v) is 4.18. The van der Waals surface area contributed by atoms with Crippen LogP contribution in [0.3, 0.4) is 0 Å². The van der Waals surface area contributed by atoms with Crippen molar-refractivity contribution in [2.75, 3.05) is 0 Å². The molecule has 1 atom stereocenters. The van der Waals surface area contributed by atoms with E-state index in [-0.39, 0.29) is 19.4 Å². The largest absolute Gasteiger partial charge is 0.480 e. The number of nitrogens with one attached hydrogen (secondary N) is 1. The van der Waals surface area contributed by atoms with Gasteiger partial charge >= 0.3 is 18.2 Å². The second-order valence-electron chi connectivity index (χ2n) is 5.95. The number of amides is 1. The number of ether oxygens (including phenoxy) is 1. The van der Waals surface area contributed by atoms with Crippen molar-refractivity contribution in [2.24, 2.45) is 0 Å². The first-order valence-electron chi connectivity index (χ1n) is 8.22. The maximum absolute atomic E-state index is 12.7. The zero-order valence-corrected chi connectivity index (χ0v) is 15.3. The molecule has 5 nitrogen and oxygen atoms in total. The van der Waals surface area contributed by atoms with Gasteiger partial charge in [0.05, 0.1) is 10.6 Å². The first kappa shape index (κ1) is 21.6. The Bertz CT molecular complexity index is 828. The molecule has 1 amide bonds. The summed E-state index contributed by atoms with van der Waals surface area (Å²) in [5.74, 6) is -1.28. The average molecular weight is 416 g/mol. The molecule has 0 saturated heterocycles. The van der Waals surface area contributed by atoms with Gasteiger partial charge in [0.2, 0.25) is 0 Å². The van der Waals surface area contributed by atoms with Crippen molar-refractivity contribution in [3.05, 3.63) is 70.2 Å². The molecule has 150 valence electrons. The van der Waals surface area contributed by atoms with Gasteiger partial charge in [-0.05, 0) is 36.1 Å². The summed E-state index contributed by atoms with van der Waals surface area (Å²) in [6.45, 7) is -0.0203. The number of alkyl halides is 3. The summed E-state index contributed by atoms with van der Waals surface area (Å²) in [7, 11) is 0. The van der Waals surface area contributed by atoms with Gasteiger partial charge in [0.25, 0.3) is 0 Å². The van der Waals surface area contributed by atoms with Crippen molar-refractivity contribution in [3.8, 4) is 0 Å². The Kier molecular flexibility index (Phi) is 7.28. The molecular weight excluding hydrogens is 399 g/mol. The fourth-order valence-electron chi connectivity index (χ4n) is 2.42. The van der Waals surface area contributed by atoms with Gasteiger partial charge < -0.3 is 15.2 Å². The topological polar surface area (TPSA) is 75.6 Å². The number of carbonyl (C=O) groups is 2. The maximum Gasteiger partial charge on any atom is 0.417 e. The van der Waals surface area contributed by atoms with E-state index in [0.29, 0.717) is 5.56 Å². The first-order chi connectivity index (χ1) is 13.2. The van der Waals surface area contributed by atoms with Crippen molar-refractivity contribution in [1.29, 1.82) is 0 Å². The highest BCUT2D eigenvalue weighted by Crippen LogP contribution is 2.35. The summed E-state index contributed by atoms with van der Waals surface area (Å²) in [5.41, 5.74) is 0.197. The molecule has 0 aromatic heterocycles. The van der Waals surface area contributed by atoms with Crippen LogP contribution >= 0.6 is 11.6 Å². The Morgan fingerprint density at radius 1 is 1.11 bits per heavy atom. The normalized spacial score (nSPS) is 12.3. The lowest BCUT2D eigenvalue weighted by Gasteiger charge is -2.15. The van der Waals surface area contributed by atoms with E-state index in [9.17, 15) is 27.9 Å². The monoisotopic (exact) mass is 415 g/mol. The number of halogens is 4. The number of carbonyl (C=O) groups excluding carboxylic acids is 1. The Morgan fingerprint density at radius 3 is 2.36 bits per heavy atom. The first-order valence-corrected chi connectivity index (χ1v) is 8.60. The fourth-order valence-corrected chi connectivity index (χ4v) is 2.73. The number of benzene rings is 2. The van der Waals surface area contributed by atoms with Gasteiger partial charge in [-0.25, -0.2) is 9.59 Å². The van der Waals surface area contributed by atoms with Gasteiger partial charge in [0, 0.05) is 0 Å². The minimum Gasteiger partial charge on any atom is -0.480 e. The van der Waals surface area contributed by atoms with Gasteiger partial charge in [0.15, 0.2) is 0 Å². The van der Waals surface area contributed by atoms with E-state index in [0.717, 1.165) is 17.7 Å². The number of aliphatic carboxylic acids is 1. The number of hydrogen-bond acceptors (Lipinski definition) is 3. The molecule has 0 saturated carbocycles. The Morgan fingerprint density at radius 2 is 1.79 bits per heavy atom. The third kappa shape index (κ3) is 6.45. The molecule has 2 rings (SSSR count). The van der Waals surface area contributed by atoms with Crippen LogP contribution in [-0.2, 0) is 28.7 Å². The molecule has 1 unspecified atom stereocenters. The molecule has 0 aliphatic rings. The van der Waals surface area contributed by atoms with E-state index in [2.05, 4.69) is 5.32 Å². The van der Waals surface area contributed by atoms with Crippen LogP contribution in [0.25, 0.3) is 0 Å². The van der Waals surface area contributed by atoms with Crippen LogP contribution in [0.5, 0.6) is 0 Å². The van der Waals surface area contributed by atoms with Crippen LogP contribution in [-0.4, -0.2) is 23.2 Å². The van der Waals surface area contributed by atoms with Crippen LogP contribution in [0.1, 0.15) is 23.1 Å². The average Bonchev–Trinajstić information content (AvgIpc) is 2.63. The highest BCUT2D eigenvalue weighted by molar-refractivity contribution is 6.31. The molecular formula is C19H17ClF3NO4. The van der Waals surface area contributed by atoms with Crippen molar-refractivity contribution < 1.29 is 32.6 Å². The second-order valence-corrected chi connectivity index (χ2v) is 6.35. The molecule has 2 aromatic carbocycles. The van der Waals surface area contributed by atoms with Crippen molar-refractivity contribution in [1.82, 2.24) is 5.32 Å². The number of carboxylic acid groups (broad SMARTS) is 1. The Balaban J connectivity index is 1.91. The van der Waals surface area contributed by atoms with Crippen molar-refractivity contribution >= 4 is 23.7 Å². The van der Waals surface area contributed by atoms with Crippen LogP contribution in [0.4, 0.5) is 18.0 Å². The number of hydrogen-bond donors (Lipinski definition) is 2. The molecule has 0 bridgehead atoms. The summed E-state index contributed by atoms with van der Waals surface area (Å²) in [5, 5.41) is 11.0. The zero-order chi connectivity index (χ0) is 20.7. The molecule has 0 heterocycles. The predicted octanol–water partition coefficient (Wildman–Crippen LogP) is 4.67. The van der Waals surface area contributed by atoms with Crippen LogP contribution < -0.4 is 5.32 Å². The van der Waals surface area contributed by atoms with E-state index in [1.807, 2.05) is 0 Å². The molecule has 28 heavy (non-hydrogen) atoms. The third-order valence-electron chi connectivity index (χ3n) is 3.86. The lowest BCUT2D eigenvalue weighted by molar-refractivity contribution is -0.139. The number of aryl methyl sites for hydroxylation is 1. The summed E-state index contributed by atoms with van der Waals surface area (Å²) in [6, 6.07) is 10.8. The quantitative estimate of drug-likeness (QED) is 0.689. The highest BCUT2D eigenvalue weighted by atomic mass is 35.5. The molecule has 0 fully saturated rings. The van der Waals surface area contributed by atoms with E-state index < -0.39 is 34.9 Å². The Labute approximate surface area is 164 Å². The van der Waals surface area contributed by atoms with E-state index >= 15 is 0 Å². The van der Waals surface area contributed by atoms with Crippen LogP contribution in [0, 0.1) is 0 Å². The molecule has 0 aliphatic heterocycles. The van der Waals surface area contributed by atoms with E-state index in [1.54, 1.807) is 30.3 Å². The molecule has 2 aromatic rings. The fraction of sp³-hybridized carbons (Fsp3) is 0.263. The van der Waals surface area contributed by atoms with Crippen LogP contribution in [0.15, 0.2) is 48.5 Å². The van der Waals surface area contributed by atoms with Crippen molar-refractivity contribution in [3.63, 3.8) is 0 Å². The number of rotatable bonds is 7. The van der Waals surface area contributed by atoms with Gasteiger partial charge in [-0.1, -0.05) is 48.0 Å². The summed E-state index contributed by atoms with van der Waals surface area (Å²) in [6.07, 6.45) is -5.41. The SMILES string of the molecule is O=C(NC(CCc1ccc(C(F)(F)F)c(Cl)c1)C(=O)O)OCc1ccccc1. The number of carboxylic acids is 1.